The topological polar surface area (TPSA) is 68.8 Å². The van der Waals surface area contributed by atoms with E-state index in [9.17, 15) is 4.79 Å². The highest BCUT2D eigenvalue weighted by Crippen LogP contribution is 2.37. The molecule has 1 aromatic heterocycles. The summed E-state index contributed by atoms with van der Waals surface area (Å²) in [5.74, 6) is 2.17. The molecule has 1 aromatic rings. The molecular weight excluding hydrogens is 394 g/mol. The van der Waals surface area contributed by atoms with Gasteiger partial charge < -0.3 is 16.0 Å². The fraction of sp³-hybridized carbons (Fsp3) is 0.739. The van der Waals surface area contributed by atoms with E-state index in [0.29, 0.717) is 37.4 Å². The van der Waals surface area contributed by atoms with Gasteiger partial charge in [-0.25, -0.2) is 0 Å². The lowest BCUT2D eigenvalue weighted by molar-refractivity contribution is -0.121. The summed E-state index contributed by atoms with van der Waals surface area (Å²) in [6, 6.07) is 4.86. The lowest BCUT2D eigenvalue weighted by atomic mass is 9.88. The highest BCUT2D eigenvalue weighted by Gasteiger charge is 2.31. The van der Waals surface area contributed by atoms with Crippen LogP contribution >= 0.6 is 11.3 Å². The number of piperidine rings is 1. The molecule has 2 fully saturated rings. The Bertz CT molecular complexity index is 657. The molecule has 0 bridgehead atoms. The van der Waals surface area contributed by atoms with E-state index in [-0.39, 0.29) is 5.91 Å². The molecule has 1 aliphatic carbocycles. The Labute approximate surface area is 185 Å². The number of carbonyl (C=O) groups excluding carboxylic acids is 1. The Morgan fingerprint density at radius 1 is 1.17 bits per heavy atom. The quantitative estimate of drug-likeness (QED) is 0.317. The molecular formula is C23H39N5OS. The Balaban J connectivity index is 1.45. The third-order valence-electron chi connectivity index (χ3n) is 6.36. The molecule has 1 aliphatic heterocycles. The molecule has 3 N–H and O–H groups in total. The Morgan fingerprint density at radius 3 is 2.70 bits per heavy atom. The number of rotatable bonds is 9. The lowest BCUT2D eigenvalue weighted by Crippen LogP contribution is -2.42. The molecule has 7 heteroatoms. The van der Waals surface area contributed by atoms with Gasteiger partial charge in [-0.1, -0.05) is 18.9 Å². The van der Waals surface area contributed by atoms with Gasteiger partial charge in [0.2, 0.25) is 5.91 Å². The van der Waals surface area contributed by atoms with Gasteiger partial charge in [-0.3, -0.25) is 14.7 Å². The predicted octanol–water partition coefficient (Wildman–Crippen LogP) is 3.38. The normalized spacial score (nSPS) is 23.5. The number of hydrogen-bond donors (Lipinski definition) is 3. The van der Waals surface area contributed by atoms with Crippen LogP contribution in [0.5, 0.6) is 0 Å². The van der Waals surface area contributed by atoms with Crippen LogP contribution in [-0.4, -0.2) is 56.5 Å². The largest absolute Gasteiger partial charge is 0.357 e. The number of thiophene rings is 1. The van der Waals surface area contributed by atoms with Gasteiger partial charge in [-0.2, -0.15) is 0 Å². The first-order valence-corrected chi connectivity index (χ1v) is 12.6. The number of carbonyl (C=O) groups is 1. The summed E-state index contributed by atoms with van der Waals surface area (Å²) >= 11 is 1.85. The van der Waals surface area contributed by atoms with Crippen molar-refractivity contribution in [1.29, 1.82) is 0 Å². The maximum atomic E-state index is 12.1. The lowest BCUT2D eigenvalue weighted by Gasteiger charge is -2.38. The third-order valence-corrected chi connectivity index (χ3v) is 7.30. The number of hydrogen-bond acceptors (Lipinski definition) is 4. The second kappa shape index (κ2) is 12.3. The highest BCUT2D eigenvalue weighted by molar-refractivity contribution is 7.10. The molecule has 1 saturated heterocycles. The van der Waals surface area contributed by atoms with Crippen molar-refractivity contribution in [1.82, 2.24) is 20.9 Å². The summed E-state index contributed by atoms with van der Waals surface area (Å²) in [7, 11) is 2.23. The zero-order chi connectivity index (χ0) is 21.2. The van der Waals surface area contributed by atoms with Crippen LogP contribution in [0.2, 0.25) is 0 Å². The molecule has 2 aliphatic rings. The summed E-state index contributed by atoms with van der Waals surface area (Å²) in [5, 5.41) is 12.0. The minimum Gasteiger partial charge on any atom is -0.357 e. The van der Waals surface area contributed by atoms with Gasteiger partial charge in [0.15, 0.2) is 5.96 Å². The third kappa shape index (κ3) is 6.98. The van der Waals surface area contributed by atoms with Crippen molar-refractivity contribution in [2.75, 3.05) is 39.8 Å². The number of guanidine groups is 1. The maximum Gasteiger partial charge on any atom is 0.220 e. The molecule has 0 spiro atoms. The number of amides is 1. The van der Waals surface area contributed by atoms with Gasteiger partial charge in [-0.15, -0.1) is 11.3 Å². The van der Waals surface area contributed by atoms with Crippen molar-refractivity contribution in [3.8, 4) is 0 Å². The molecule has 6 nitrogen and oxygen atoms in total. The van der Waals surface area contributed by atoms with Gasteiger partial charge >= 0.3 is 0 Å². The monoisotopic (exact) mass is 433 g/mol. The van der Waals surface area contributed by atoms with Crippen molar-refractivity contribution in [3.05, 3.63) is 22.4 Å². The van der Waals surface area contributed by atoms with Crippen LogP contribution in [0.1, 0.15) is 62.8 Å². The van der Waals surface area contributed by atoms with Crippen molar-refractivity contribution in [2.45, 2.75) is 57.9 Å². The molecule has 2 heterocycles. The molecule has 30 heavy (non-hydrogen) atoms. The fourth-order valence-electron chi connectivity index (χ4n) is 4.84. The van der Waals surface area contributed by atoms with Gasteiger partial charge in [0.05, 0.1) is 0 Å². The number of aliphatic imine (C=N–C) groups is 1. The van der Waals surface area contributed by atoms with Gasteiger partial charge in [-0.05, 0) is 69.5 Å². The van der Waals surface area contributed by atoms with Crippen LogP contribution in [0.3, 0.4) is 0 Å². The maximum absolute atomic E-state index is 12.1. The predicted molar refractivity (Wildman–Crippen MR) is 126 cm³/mol. The molecule has 0 aromatic carbocycles. The minimum atomic E-state index is 0.190. The summed E-state index contributed by atoms with van der Waals surface area (Å²) in [5.41, 5.74) is 0. The molecule has 168 valence electrons. The minimum absolute atomic E-state index is 0.190. The zero-order valence-electron chi connectivity index (χ0n) is 18.7. The number of likely N-dealkylation sites (tertiary alicyclic amines) is 1. The summed E-state index contributed by atoms with van der Waals surface area (Å²) < 4.78 is 0. The molecule has 0 radical (unpaired) electrons. The van der Waals surface area contributed by atoms with Crippen molar-refractivity contribution < 1.29 is 4.79 Å². The standard InChI is InChI=1S/C23H39N5OS/c1-3-24-23(26-13-12-25-21(29)16-18-8-4-5-9-18)27-17-19-10-6-14-28(2)22(19)20-11-7-15-30-20/h7,11,15,18-19,22H,3-6,8-10,12-14,16-17H2,1-2H3,(H,25,29)(H2,24,26,27). The molecule has 1 amide bonds. The smallest absolute Gasteiger partial charge is 0.220 e. The van der Waals surface area contributed by atoms with E-state index >= 15 is 0 Å². The van der Waals surface area contributed by atoms with Crippen LogP contribution in [0.4, 0.5) is 0 Å². The Kier molecular flexibility index (Phi) is 9.46. The van der Waals surface area contributed by atoms with E-state index in [0.717, 1.165) is 25.6 Å². The average molecular weight is 434 g/mol. The second-order valence-electron chi connectivity index (χ2n) is 8.69. The number of nitrogens with zero attached hydrogens (tertiary/aromatic N) is 2. The fourth-order valence-corrected chi connectivity index (χ4v) is 5.83. The van der Waals surface area contributed by atoms with Gasteiger partial charge in [0.1, 0.15) is 0 Å². The van der Waals surface area contributed by atoms with Crippen molar-refractivity contribution in [2.24, 2.45) is 16.8 Å². The Hall–Kier alpha value is -1.60. The van der Waals surface area contributed by atoms with E-state index in [2.05, 4.69) is 52.3 Å². The number of nitrogens with one attached hydrogen (secondary N) is 3. The van der Waals surface area contributed by atoms with Crippen LogP contribution in [0, 0.1) is 11.8 Å². The van der Waals surface area contributed by atoms with Crippen molar-refractivity contribution >= 4 is 23.2 Å². The van der Waals surface area contributed by atoms with Gasteiger partial charge in [0, 0.05) is 43.5 Å². The molecule has 3 rings (SSSR count). The molecule has 2 unspecified atom stereocenters. The van der Waals surface area contributed by atoms with E-state index in [1.54, 1.807) is 0 Å². The first kappa shape index (κ1) is 23.1. The first-order valence-electron chi connectivity index (χ1n) is 11.7. The van der Waals surface area contributed by atoms with E-state index in [1.165, 1.54) is 43.4 Å². The Morgan fingerprint density at radius 2 is 1.97 bits per heavy atom. The second-order valence-corrected chi connectivity index (χ2v) is 9.67. The highest BCUT2D eigenvalue weighted by atomic mass is 32.1. The van der Waals surface area contributed by atoms with Crippen LogP contribution in [0.25, 0.3) is 0 Å². The summed E-state index contributed by atoms with van der Waals surface area (Å²) in [6.45, 7) is 6.22. The van der Waals surface area contributed by atoms with Gasteiger partial charge in [0.25, 0.3) is 0 Å². The van der Waals surface area contributed by atoms with E-state index in [4.69, 9.17) is 4.99 Å². The summed E-state index contributed by atoms with van der Waals surface area (Å²) in [4.78, 5) is 20.9. The molecule has 1 saturated carbocycles. The zero-order valence-corrected chi connectivity index (χ0v) is 19.5. The van der Waals surface area contributed by atoms with Crippen LogP contribution in [0.15, 0.2) is 22.5 Å². The SMILES string of the molecule is CCNC(=NCC1CCCN(C)C1c1cccs1)NCCNC(=O)CC1CCCC1. The molecule has 2 atom stereocenters. The average Bonchev–Trinajstić information content (AvgIpc) is 3.43. The van der Waals surface area contributed by atoms with Crippen LogP contribution < -0.4 is 16.0 Å². The van der Waals surface area contributed by atoms with Crippen LogP contribution in [-0.2, 0) is 4.79 Å². The first-order chi connectivity index (χ1) is 14.7. The summed E-state index contributed by atoms with van der Waals surface area (Å²) in [6.07, 6.45) is 8.13. The van der Waals surface area contributed by atoms with E-state index < -0.39 is 0 Å². The van der Waals surface area contributed by atoms with E-state index in [1.807, 2.05) is 11.3 Å². The van der Waals surface area contributed by atoms with Crippen molar-refractivity contribution in [3.63, 3.8) is 0 Å².